The zero-order valence-electron chi connectivity index (χ0n) is 15.5. The van der Waals surface area contributed by atoms with Gasteiger partial charge >= 0.3 is 0 Å². The molecule has 0 saturated heterocycles. The summed E-state index contributed by atoms with van der Waals surface area (Å²) in [5.74, 6) is -0.313. The van der Waals surface area contributed by atoms with Crippen molar-refractivity contribution in [1.82, 2.24) is 10.3 Å². The number of hydrogen-bond acceptors (Lipinski definition) is 2. The highest BCUT2D eigenvalue weighted by Crippen LogP contribution is 2.33. The van der Waals surface area contributed by atoms with E-state index in [2.05, 4.69) is 30.2 Å². The molecule has 4 nitrogen and oxygen atoms in total. The Balaban J connectivity index is 1.79. The average molecular weight is 338 g/mol. The minimum Gasteiger partial charge on any atom is -0.348 e. The normalized spacial score (nSPS) is 15.5. The molecule has 0 aliphatic heterocycles. The number of nitrogens with one attached hydrogen (secondary N) is 2. The Labute approximate surface area is 148 Å². The zero-order valence-corrected chi connectivity index (χ0v) is 15.5. The van der Waals surface area contributed by atoms with E-state index in [1.165, 1.54) is 0 Å². The molecule has 1 aromatic heterocycles. The first-order valence-electron chi connectivity index (χ1n) is 8.84. The van der Waals surface area contributed by atoms with E-state index >= 15 is 0 Å². The van der Waals surface area contributed by atoms with Crippen LogP contribution in [0.15, 0.2) is 29.1 Å². The van der Waals surface area contributed by atoms with E-state index in [-0.39, 0.29) is 22.4 Å². The highest BCUT2D eigenvalue weighted by atomic mass is 16.2. The van der Waals surface area contributed by atoms with E-state index < -0.39 is 0 Å². The summed E-state index contributed by atoms with van der Waals surface area (Å²) in [6.45, 7) is 8.94. The zero-order chi connectivity index (χ0) is 18.2. The molecule has 0 fully saturated rings. The smallest absolute Gasteiger partial charge is 0.261 e. The second-order valence-electron chi connectivity index (χ2n) is 8.04. The van der Waals surface area contributed by atoms with Gasteiger partial charge in [0.05, 0.1) is 0 Å². The summed E-state index contributed by atoms with van der Waals surface area (Å²) < 4.78 is 0. The minimum atomic E-state index is -0.313. The summed E-state index contributed by atoms with van der Waals surface area (Å²) in [6.07, 6.45) is 2.80. The molecule has 0 radical (unpaired) electrons. The van der Waals surface area contributed by atoms with Crippen LogP contribution >= 0.6 is 0 Å². The number of H-pyrrole nitrogens is 1. The number of aryl methyl sites for hydroxylation is 3. The van der Waals surface area contributed by atoms with Crippen LogP contribution in [0.1, 0.15) is 58.6 Å². The van der Waals surface area contributed by atoms with E-state index in [9.17, 15) is 9.59 Å². The molecule has 1 amide bonds. The Kier molecular flexibility index (Phi) is 4.55. The molecule has 2 N–H and O–H groups in total. The number of amides is 1. The first kappa shape index (κ1) is 17.5. The van der Waals surface area contributed by atoms with E-state index in [0.29, 0.717) is 6.54 Å². The number of carbonyl (C=O) groups excluding carboxylic acids is 1. The lowest BCUT2D eigenvalue weighted by atomic mass is 9.76. The van der Waals surface area contributed by atoms with Gasteiger partial charge < -0.3 is 10.3 Å². The van der Waals surface area contributed by atoms with Gasteiger partial charge in [0.1, 0.15) is 5.56 Å². The fraction of sp³-hybridized carbons (Fsp3) is 0.429. The summed E-state index contributed by atoms with van der Waals surface area (Å²) in [7, 11) is 0. The first-order chi connectivity index (χ1) is 11.7. The van der Waals surface area contributed by atoms with E-state index in [1.807, 2.05) is 26.0 Å². The summed E-state index contributed by atoms with van der Waals surface area (Å²) >= 11 is 0. The molecule has 4 heteroatoms. The van der Waals surface area contributed by atoms with Gasteiger partial charge in [0.2, 0.25) is 0 Å². The number of hydrogen-bond donors (Lipinski definition) is 2. The lowest BCUT2D eigenvalue weighted by molar-refractivity contribution is 0.0949. The number of benzene rings is 1. The van der Waals surface area contributed by atoms with Crippen LogP contribution in [0.4, 0.5) is 0 Å². The van der Waals surface area contributed by atoms with Gasteiger partial charge in [-0.15, -0.1) is 0 Å². The second kappa shape index (κ2) is 6.51. The number of carbonyl (C=O) groups is 1. The number of pyridine rings is 1. The Morgan fingerprint density at radius 3 is 2.52 bits per heavy atom. The molecule has 1 aromatic carbocycles. The molecule has 2 aromatic rings. The third-order valence-electron chi connectivity index (χ3n) is 4.92. The first-order valence-corrected chi connectivity index (χ1v) is 8.84. The number of aromatic amines is 1. The average Bonchev–Trinajstić information content (AvgIpc) is 2.51. The van der Waals surface area contributed by atoms with Crippen LogP contribution in [-0.4, -0.2) is 10.9 Å². The number of aromatic nitrogens is 1. The highest BCUT2D eigenvalue weighted by molar-refractivity contribution is 5.94. The van der Waals surface area contributed by atoms with E-state index in [1.54, 1.807) is 6.07 Å². The predicted molar refractivity (Wildman–Crippen MR) is 100.0 cm³/mol. The van der Waals surface area contributed by atoms with Crippen molar-refractivity contribution in [1.29, 1.82) is 0 Å². The predicted octanol–water partition coefficient (Wildman–Crippen LogP) is 3.44. The van der Waals surface area contributed by atoms with Gasteiger partial charge in [-0.2, -0.15) is 0 Å². The Morgan fingerprint density at radius 1 is 1.16 bits per heavy atom. The number of rotatable bonds is 3. The maximum absolute atomic E-state index is 12.5. The summed E-state index contributed by atoms with van der Waals surface area (Å²) in [6, 6.07) is 7.98. The molecule has 0 spiro atoms. The third-order valence-corrected chi connectivity index (χ3v) is 4.92. The van der Waals surface area contributed by atoms with E-state index in [4.69, 9.17) is 0 Å². The van der Waals surface area contributed by atoms with Crippen LogP contribution in [0, 0.1) is 19.3 Å². The maximum Gasteiger partial charge on any atom is 0.261 e. The number of fused-ring (bicyclic) bond motifs is 1. The largest absolute Gasteiger partial charge is 0.348 e. The molecule has 1 aliphatic rings. The van der Waals surface area contributed by atoms with Gasteiger partial charge in [-0.3, -0.25) is 9.59 Å². The standard InChI is InChI=1S/C21H26N2O2/c1-13-7-14(2)9-15(8-13)12-22-19(24)17-10-16-11-21(3,4)6-5-18(16)23-20(17)25/h7-10H,5-6,11-12H2,1-4H3,(H,22,24)(H,23,25). The lowest BCUT2D eigenvalue weighted by Gasteiger charge is -2.31. The topological polar surface area (TPSA) is 62.0 Å². The van der Waals surface area contributed by atoms with E-state index in [0.717, 1.165) is 47.2 Å². The van der Waals surface area contributed by atoms with Crippen molar-refractivity contribution in [3.8, 4) is 0 Å². The van der Waals surface area contributed by atoms with Crippen LogP contribution in [0.25, 0.3) is 0 Å². The minimum absolute atomic E-state index is 0.206. The molecule has 1 heterocycles. The van der Waals surface area contributed by atoms with Gasteiger partial charge in [-0.1, -0.05) is 43.2 Å². The maximum atomic E-state index is 12.5. The van der Waals surface area contributed by atoms with Crippen LogP contribution in [-0.2, 0) is 19.4 Å². The molecular weight excluding hydrogens is 312 g/mol. The molecular formula is C21H26N2O2. The van der Waals surface area contributed by atoms with Crippen LogP contribution < -0.4 is 10.9 Å². The Hall–Kier alpha value is -2.36. The van der Waals surface area contributed by atoms with Crippen molar-refractivity contribution < 1.29 is 4.79 Å². The molecule has 25 heavy (non-hydrogen) atoms. The van der Waals surface area contributed by atoms with Crippen LogP contribution in [0.2, 0.25) is 0 Å². The van der Waals surface area contributed by atoms with Crippen LogP contribution in [0.5, 0.6) is 0 Å². The summed E-state index contributed by atoms with van der Waals surface area (Å²) in [5.41, 5.74) is 5.57. The molecule has 3 rings (SSSR count). The Bertz CT molecular complexity index is 858. The van der Waals surface area contributed by atoms with Crippen molar-refractivity contribution in [2.75, 3.05) is 0 Å². The fourth-order valence-electron chi connectivity index (χ4n) is 3.68. The summed E-state index contributed by atoms with van der Waals surface area (Å²) in [4.78, 5) is 27.7. The van der Waals surface area contributed by atoms with Gasteiger partial charge in [-0.05, 0) is 55.7 Å². The molecule has 132 valence electrons. The molecule has 0 saturated carbocycles. The fourth-order valence-corrected chi connectivity index (χ4v) is 3.68. The van der Waals surface area contributed by atoms with Gasteiger partial charge in [-0.25, -0.2) is 0 Å². The van der Waals surface area contributed by atoms with Crippen molar-refractivity contribution >= 4 is 5.91 Å². The molecule has 0 unspecified atom stereocenters. The quantitative estimate of drug-likeness (QED) is 0.900. The van der Waals surface area contributed by atoms with Gasteiger partial charge in [0, 0.05) is 12.2 Å². The van der Waals surface area contributed by atoms with Crippen molar-refractivity contribution in [3.63, 3.8) is 0 Å². The van der Waals surface area contributed by atoms with Crippen molar-refractivity contribution in [3.05, 3.63) is 68.1 Å². The van der Waals surface area contributed by atoms with Crippen LogP contribution in [0.3, 0.4) is 0 Å². The SMILES string of the molecule is Cc1cc(C)cc(CNC(=O)c2cc3c([nH]c2=O)CCC(C)(C)C3)c1. The van der Waals surface area contributed by atoms with Crippen molar-refractivity contribution in [2.24, 2.45) is 5.41 Å². The molecule has 0 bridgehead atoms. The Morgan fingerprint density at radius 2 is 1.84 bits per heavy atom. The third kappa shape index (κ3) is 4.01. The highest BCUT2D eigenvalue weighted by Gasteiger charge is 2.27. The lowest BCUT2D eigenvalue weighted by Crippen LogP contribution is -2.32. The summed E-state index contributed by atoms with van der Waals surface area (Å²) in [5, 5.41) is 2.88. The van der Waals surface area contributed by atoms with Gasteiger partial charge in [0.15, 0.2) is 0 Å². The van der Waals surface area contributed by atoms with Gasteiger partial charge in [0.25, 0.3) is 11.5 Å². The van der Waals surface area contributed by atoms with Crippen molar-refractivity contribution in [2.45, 2.75) is 53.5 Å². The molecule has 0 atom stereocenters. The monoisotopic (exact) mass is 338 g/mol. The second-order valence-corrected chi connectivity index (χ2v) is 8.04. The molecule has 1 aliphatic carbocycles.